The van der Waals surface area contributed by atoms with Crippen LogP contribution in [0.15, 0.2) is 0 Å². The maximum absolute atomic E-state index is 3.49. The van der Waals surface area contributed by atoms with Crippen molar-refractivity contribution in [3.63, 3.8) is 0 Å². The van der Waals surface area contributed by atoms with Gasteiger partial charge in [-0.05, 0) is 78.7 Å². The van der Waals surface area contributed by atoms with Crippen molar-refractivity contribution < 1.29 is 0 Å². The normalized spacial score (nSPS) is 28.5. The van der Waals surface area contributed by atoms with Crippen LogP contribution in [0.1, 0.15) is 25.7 Å². The van der Waals surface area contributed by atoms with Crippen molar-refractivity contribution in [3.05, 3.63) is 0 Å². The maximum Gasteiger partial charge on any atom is -0.00436 e. The summed E-state index contributed by atoms with van der Waals surface area (Å²) in [4.78, 5) is 0. The van der Waals surface area contributed by atoms with Crippen LogP contribution in [0.3, 0.4) is 0 Å². The lowest BCUT2D eigenvalue weighted by Gasteiger charge is -2.44. The molecule has 2 aliphatic heterocycles. The molecule has 0 aliphatic carbocycles. The first-order valence-electron chi connectivity index (χ1n) is 5.85. The molecule has 1 N–H and O–H groups in total. The van der Waals surface area contributed by atoms with Crippen molar-refractivity contribution in [1.29, 1.82) is 0 Å². The van der Waals surface area contributed by atoms with Gasteiger partial charge in [0.25, 0.3) is 0 Å². The summed E-state index contributed by atoms with van der Waals surface area (Å²) in [6.45, 7) is 2.53. The molecule has 14 heavy (non-hydrogen) atoms. The molecule has 0 atom stereocenters. The molecule has 2 aliphatic rings. The Kier molecular flexibility index (Phi) is 3.46. The van der Waals surface area contributed by atoms with Crippen molar-refractivity contribution in [1.82, 2.24) is 9.99 Å². The standard InChI is InChI=1S/C11H23N2P/c1-13(2)14-9-5-11(6-10-14)3-7-12-8-4-11/h12H,3-10H2,1-2H3. The predicted molar refractivity (Wildman–Crippen MR) is 64.1 cm³/mol. The first kappa shape index (κ1) is 10.9. The molecule has 2 saturated heterocycles. The minimum atomic E-state index is 0.231. The summed E-state index contributed by atoms with van der Waals surface area (Å²) in [5, 5.41) is 3.49. The Hall–Kier alpha value is 0.350. The molecule has 2 nitrogen and oxygen atoms in total. The lowest BCUT2D eigenvalue weighted by atomic mass is 9.74. The van der Waals surface area contributed by atoms with Gasteiger partial charge in [-0.25, -0.2) is 0 Å². The third-order valence-electron chi connectivity index (χ3n) is 4.03. The molecule has 2 fully saturated rings. The maximum atomic E-state index is 3.49. The Morgan fingerprint density at radius 2 is 1.57 bits per heavy atom. The average Bonchev–Trinajstić information content (AvgIpc) is 2.19. The van der Waals surface area contributed by atoms with Gasteiger partial charge in [-0.2, -0.15) is 0 Å². The Labute approximate surface area is 89.2 Å². The Balaban J connectivity index is 1.87. The lowest BCUT2D eigenvalue weighted by Crippen LogP contribution is -2.40. The quantitative estimate of drug-likeness (QED) is 0.672. The van der Waals surface area contributed by atoms with E-state index in [1.54, 1.807) is 0 Å². The van der Waals surface area contributed by atoms with Gasteiger partial charge in [-0.15, -0.1) is 0 Å². The van der Waals surface area contributed by atoms with Crippen LogP contribution >= 0.6 is 8.07 Å². The van der Waals surface area contributed by atoms with Crippen LogP contribution in [0, 0.1) is 5.41 Å². The average molecular weight is 214 g/mol. The first-order valence-corrected chi connectivity index (χ1v) is 7.51. The Morgan fingerprint density at radius 3 is 2.07 bits per heavy atom. The number of nitrogens with zero attached hydrogens (tertiary/aromatic N) is 1. The highest BCUT2D eigenvalue weighted by molar-refractivity contribution is 7.55. The van der Waals surface area contributed by atoms with Crippen LogP contribution in [-0.2, 0) is 0 Å². The summed E-state index contributed by atoms with van der Waals surface area (Å²) in [6, 6.07) is 0. The Bertz CT molecular complexity index is 178. The molecular formula is C11H23N2P. The van der Waals surface area contributed by atoms with E-state index in [1.807, 2.05) is 0 Å². The van der Waals surface area contributed by atoms with Gasteiger partial charge in [0, 0.05) is 0 Å². The molecule has 0 unspecified atom stereocenters. The minimum absolute atomic E-state index is 0.231. The van der Waals surface area contributed by atoms with Crippen LogP contribution in [0.4, 0.5) is 0 Å². The van der Waals surface area contributed by atoms with Gasteiger partial charge in [0.15, 0.2) is 0 Å². The van der Waals surface area contributed by atoms with Gasteiger partial charge in [0.1, 0.15) is 0 Å². The zero-order valence-electron chi connectivity index (χ0n) is 9.55. The molecule has 82 valence electrons. The monoisotopic (exact) mass is 214 g/mol. The third kappa shape index (κ3) is 2.29. The molecular weight excluding hydrogens is 191 g/mol. The molecule has 0 bridgehead atoms. The second-order valence-electron chi connectivity index (χ2n) is 5.05. The summed E-state index contributed by atoms with van der Waals surface area (Å²) in [5.41, 5.74) is 0.750. The van der Waals surface area contributed by atoms with Crippen LogP contribution in [0.2, 0.25) is 0 Å². The van der Waals surface area contributed by atoms with E-state index in [-0.39, 0.29) is 8.07 Å². The fraction of sp³-hybridized carbons (Fsp3) is 1.00. The van der Waals surface area contributed by atoms with Gasteiger partial charge in [0.2, 0.25) is 0 Å². The van der Waals surface area contributed by atoms with Gasteiger partial charge in [-0.1, -0.05) is 0 Å². The van der Waals surface area contributed by atoms with Gasteiger partial charge in [-0.3, -0.25) is 4.67 Å². The lowest BCUT2D eigenvalue weighted by molar-refractivity contribution is 0.181. The van der Waals surface area contributed by atoms with E-state index in [1.165, 1.54) is 51.1 Å². The summed E-state index contributed by atoms with van der Waals surface area (Å²) in [5.74, 6) is 0. The third-order valence-corrected chi connectivity index (χ3v) is 6.64. The van der Waals surface area contributed by atoms with Gasteiger partial charge >= 0.3 is 0 Å². The molecule has 0 aromatic rings. The van der Waals surface area contributed by atoms with E-state index in [0.717, 1.165) is 5.41 Å². The smallest absolute Gasteiger partial charge is 0.00436 e. The molecule has 3 heteroatoms. The zero-order valence-corrected chi connectivity index (χ0v) is 10.4. The highest BCUT2D eigenvalue weighted by Gasteiger charge is 2.36. The summed E-state index contributed by atoms with van der Waals surface area (Å²) >= 11 is 0. The number of rotatable bonds is 1. The van der Waals surface area contributed by atoms with E-state index >= 15 is 0 Å². The largest absolute Gasteiger partial charge is 0.317 e. The van der Waals surface area contributed by atoms with Crippen molar-refractivity contribution in [2.45, 2.75) is 25.7 Å². The predicted octanol–water partition coefficient (Wildman–Crippen LogP) is 2.11. The summed E-state index contributed by atoms with van der Waals surface area (Å²) < 4.78 is 2.48. The van der Waals surface area contributed by atoms with E-state index in [9.17, 15) is 0 Å². The molecule has 2 heterocycles. The zero-order chi connectivity index (χ0) is 10.0. The minimum Gasteiger partial charge on any atom is -0.317 e. The van der Waals surface area contributed by atoms with Gasteiger partial charge < -0.3 is 5.32 Å². The van der Waals surface area contributed by atoms with Crippen molar-refractivity contribution >= 4 is 8.07 Å². The molecule has 1 spiro atoms. The van der Waals surface area contributed by atoms with Crippen molar-refractivity contribution in [3.8, 4) is 0 Å². The van der Waals surface area contributed by atoms with Crippen molar-refractivity contribution in [2.75, 3.05) is 39.5 Å². The molecule has 0 radical (unpaired) electrons. The molecule has 0 aromatic heterocycles. The molecule has 0 aromatic carbocycles. The number of piperidine rings is 1. The van der Waals surface area contributed by atoms with E-state index in [0.29, 0.717) is 0 Å². The van der Waals surface area contributed by atoms with Crippen LogP contribution in [0.5, 0.6) is 0 Å². The SMILES string of the molecule is CN(C)P1CCC2(CCNCC2)CC1. The van der Waals surface area contributed by atoms with E-state index in [4.69, 9.17) is 0 Å². The molecule has 0 saturated carbocycles. The molecule has 0 amide bonds. The summed E-state index contributed by atoms with van der Waals surface area (Å²) in [7, 11) is 4.74. The first-order chi connectivity index (χ1) is 6.72. The number of hydrogen-bond acceptors (Lipinski definition) is 2. The second-order valence-corrected chi connectivity index (χ2v) is 7.76. The van der Waals surface area contributed by atoms with Crippen LogP contribution in [0.25, 0.3) is 0 Å². The van der Waals surface area contributed by atoms with Crippen LogP contribution < -0.4 is 5.32 Å². The fourth-order valence-corrected chi connectivity index (χ4v) is 5.31. The fourth-order valence-electron chi connectivity index (χ4n) is 2.83. The highest BCUT2D eigenvalue weighted by atomic mass is 31.1. The second kappa shape index (κ2) is 4.47. The van der Waals surface area contributed by atoms with E-state index in [2.05, 4.69) is 24.1 Å². The van der Waals surface area contributed by atoms with Crippen LogP contribution in [-0.4, -0.2) is 44.2 Å². The topological polar surface area (TPSA) is 15.3 Å². The van der Waals surface area contributed by atoms with Crippen molar-refractivity contribution in [2.24, 2.45) is 5.41 Å². The van der Waals surface area contributed by atoms with E-state index < -0.39 is 0 Å². The summed E-state index contributed by atoms with van der Waals surface area (Å²) in [6.07, 6.45) is 8.84. The number of hydrogen-bond donors (Lipinski definition) is 1. The van der Waals surface area contributed by atoms with Gasteiger partial charge in [0.05, 0.1) is 0 Å². The highest BCUT2D eigenvalue weighted by Crippen LogP contribution is 2.52. The Morgan fingerprint density at radius 1 is 1.00 bits per heavy atom. The number of nitrogens with one attached hydrogen (secondary N) is 1. The molecule has 2 rings (SSSR count).